The third-order valence-corrected chi connectivity index (χ3v) is 7.07. The second kappa shape index (κ2) is 8.84. The Kier molecular flexibility index (Phi) is 6.20. The van der Waals surface area contributed by atoms with Gasteiger partial charge in [0.25, 0.3) is 5.91 Å². The van der Waals surface area contributed by atoms with E-state index >= 15 is 0 Å². The minimum Gasteiger partial charge on any atom is -0.381 e. The van der Waals surface area contributed by atoms with Crippen LogP contribution in [-0.4, -0.2) is 78.5 Å². The maximum atomic E-state index is 13.1. The van der Waals surface area contributed by atoms with E-state index in [9.17, 15) is 9.59 Å². The number of nitrogens with zero attached hydrogens (tertiary/aromatic N) is 3. The van der Waals surface area contributed by atoms with Gasteiger partial charge in [-0.05, 0) is 56.8 Å². The Balaban J connectivity index is 1.38. The lowest BCUT2D eigenvalue weighted by molar-refractivity contribution is -0.133. The second-order valence-electron chi connectivity index (χ2n) is 8.77. The minimum absolute atomic E-state index is 0.114. The van der Waals surface area contributed by atoms with Gasteiger partial charge in [0.15, 0.2) is 0 Å². The summed E-state index contributed by atoms with van der Waals surface area (Å²) >= 11 is 0. The first-order chi connectivity index (χ1) is 14.1. The highest BCUT2D eigenvalue weighted by Crippen LogP contribution is 2.32. The summed E-state index contributed by atoms with van der Waals surface area (Å²) in [4.78, 5) is 31.5. The highest BCUT2D eigenvalue weighted by Gasteiger charge is 2.39. The van der Waals surface area contributed by atoms with Crippen LogP contribution in [0, 0.1) is 0 Å². The highest BCUT2D eigenvalue weighted by atomic mass is 16.5. The number of hydrogen-bond acceptors (Lipinski definition) is 4. The topological polar surface area (TPSA) is 53.1 Å². The largest absolute Gasteiger partial charge is 0.381 e. The number of amides is 2. The number of benzene rings is 1. The average Bonchev–Trinajstić information content (AvgIpc) is 2.90. The molecular formula is C23H33N3O3. The molecule has 2 amide bonds. The fourth-order valence-corrected chi connectivity index (χ4v) is 4.92. The van der Waals surface area contributed by atoms with Gasteiger partial charge in [0.2, 0.25) is 5.91 Å². The van der Waals surface area contributed by atoms with Crippen molar-refractivity contribution < 1.29 is 14.3 Å². The van der Waals surface area contributed by atoms with Crippen molar-refractivity contribution in [2.45, 2.75) is 50.6 Å². The van der Waals surface area contributed by atoms with Crippen LogP contribution in [0.5, 0.6) is 0 Å². The van der Waals surface area contributed by atoms with Crippen LogP contribution in [0.1, 0.15) is 54.4 Å². The lowest BCUT2D eigenvalue weighted by atomic mass is 9.85. The van der Waals surface area contributed by atoms with Crippen LogP contribution in [-0.2, 0) is 16.1 Å². The van der Waals surface area contributed by atoms with Gasteiger partial charge in [0, 0.05) is 63.5 Å². The Morgan fingerprint density at radius 2 is 1.76 bits per heavy atom. The van der Waals surface area contributed by atoms with Gasteiger partial charge in [-0.1, -0.05) is 12.1 Å². The molecule has 158 valence electrons. The lowest BCUT2D eigenvalue weighted by Gasteiger charge is -2.43. The number of carbonyl (C=O) groups is 2. The van der Waals surface area contributed by atoms with Crippen LogP contribution in [0.2, 0.25) is 0 Å². The zero-order chi connectivity index (χ0) is 20.3. The molecule has 3 fully saturated rings. The molecule has 1 aromatic rings. The molecule has 3 heterocycles. The fraction of sp³-hybridized carbons (Fsp3) is 0.652. The van der Waals surface area contributed by atoms with Gasteiger partial charge in [0.1, 0.15) is 0 Å². The van der Waals surface area contributed by atoms with Gasteiger partial charge in [0.05, 0.1) is 0 Å². The Morgan fingerprint density at radius 3 is 2.48 bits per heavy atom. The van der Waals surface area contributed by atoms with E-state index in [0.29, 0.717) is 13.0 Å². The lowest BCUT2D eigenvalue weighted by Crippen LogP contribution is -2.50. The van der Waals surface area contributed by atoms with Gasteiger partial charge in [-0.25, -0.2) is 0 Å². The number of rotatable bonds is 3. The first kappa shape index (κ1) is 20.4. The monoisotopic (exact) mass is 399 g/mol. The van der Waals surface area contributed by atoms with Crippen molar-refractivity contribution in [1.82, 2.24) is 14.7 Å². The van der Waals surface area contributed by atoms with E-state index in [1.165, 1.54) is 0 Å². The first-order valence-corrected chi connectivity index (χ1v) is 11.0. The molecule has 1 spiro atoms. The first-order valence-electron chi connectivity index (χ1n) is 11.0. The molecule has 0 atom stereocenters. The molecule has 0 saturated carbocycles. The molecule has 0 unspecified atom stereocenters. The van der Waals surface area contributed by atoms with Crippen molar-refractivity contribution in [2.75, 3.05) is 46.4 Å². The van der Waals surface area contributed by atoms with Crippen LogP contribution in [0.4, 0.5) is 0 Å². The maximum Gasteiger partial charge on any atom is 0.253 e. The molecule has 0 aromatic heterocycles. The van der Waals surface area contributed by atoms with E-state index < -0.39 is 0 Å². The van der Waals surface area contributed by atoms with E-state index in [2.05, 4.69) is 11.9 Å². The number of carbonyl (C=O) groups excluding carboxylic acids is 2. The fourth-order valence-electron chi connectivity index (χ4n) is 4.92. The smallest absolute Gasteiger partial charge is 0.253 e. The van der Waals surface area contributed by atoms with Crippen molar-refractivity contribution in [3.8, 4) is 0 Å². The van der Waals surface area contributed by atoms with Crippen LogP contribution in [0.3, 0.4) is 0 Å². The molecule has 1 aromatic carbocycles. The molecule has 0 bridgehead atoms. The second-order valence-corrected chi connectivity index (χ2v) is 8.77. The Labute approximate surface area is 173 Å². The molecule has 29 heavy (non-hydrogen) atoms. The number of ether oxygens (including phenoxy) is 1. The molecule has 0 aliphatic carbocycles. The number of piperidine rings is 1. The van der Waals surface area contributed by atoms with E-state index in [1.54, 1.807) is 0 Å². The van der Waals surface area contributed by atoms with Crippen LogP contribution in [0.15, 0.2) is 24.3 Å². The van der Waals surface area contributed by atoms with Gasteiger partial charge in [-0.15, -0.1) is 0 Å². The third kappa shape index (κ3) is 4.48. The summed E-state index contributed by atoms with van der Waals surface area (Å²) in [6.45, 7) is 5.59. The van der Waals surface area contributed by atoms with Crippen molar-refractivity contribution >= 4 is 11.8 Å². The summed E-state index contributed by atoms with van der Waals surface area (Å²) < 4.78 is 5.57. The maximum absolute atomic E-state index is 13.1. The standard InChI is InChI=1S/C23H33N3O3/c1-24-14-15-25(13-9-23(24)10-16-29-17-11-23)22(28)20-7-5-19(6-8-20)18-26-12-3-2-4-21(26)27/h5-8H,2-4,9-18H2,1H3. The van der Waals surface area contributed by atoms with Crippen molar-refractivity contribution in [2.24, 2.45) is 0 Å². The molecule has 0 radical (unpaired) electrons. The highest BCUT2D eigenvalue weighted by molar-refractivity contribution is 5.94. The molecular weight excluding hydrogens is 366 g/mol. The molecule has 3 aliphatic heterocycles. The molecule has 3 saturated heterocycles. The van der Waals surface area contributed by atoms with Crippen LogP contribution >= 0.6 is 0 Å². The number of likely N-dealkylation sites (N-methyl/N-ethyl adjacent to an activating group) is 1. The summed E-state index contributed by atoms with van der Waals surface area (Å²) in [5.74, 6) is 0.357. The molecule has 4 rings (SSSR count). The Morgan fingerprint density at radius 1 is 1.00 bits per heavy atom. The van der Waals surface area contributed by atoms with Gasteiger partial charge >= 0.3 is 0 Å². The van der Waals surface area contributed by atoms with Gasteiger partial charge in [-0.3, -0.25) is 14.5 Å². The summed E-state index contributed by atoms with van der Waals surface area (Å²) in [5.41, 5.74) is 2.01. The van der Waals surface area contributed by atoms with Crippen LogP contribution in [0.25, 0.3) is 0 Å². The number of hydrogen-bond donors (Lipinski definition) is 0. The quantitative estimate of drug-likeness (QED) is 0.784. The van der Waals surface area contributed by atoms with Gasteiger partial charge < -0.3 is 14.5 Å². The van der Waals surface area contributed by atoms with Crippen LogP contribution < -0.4 is 0 Å². The summed E-state index contributed by atoms with van der Waals surface area (Å²) in [6, 6.07) is 7.84. The van der Waals surface area contributed by atoms with E-state index in [-0.39, 0.29) is 17.4 Å². The predicted molar refractivity (Wildman–Crippen MR) is 112 cm³/mol. The van der Waals surface area contributed by atoms with Gasteiger partial charge in [-0.2, -0.15) is 0 Å². The SMILES string of the molecule is CN1CCN(C(=O)c2ccc(CN3CCCCC3=O)cc2)CCC12CCOCC2. The minimum atomic E-state index is 0.114. The molecule has 0 N–H and O–H groups in total. The zero-order valence-corrected chi connectivity index (χ0v) is 17.6. The van der Waals surface area contributed by atoms with Crippen molar-refractivity contribution in [3.05, 3.63) is 35.4 Å². The summed E-state index contributed by atoms with van der Waals surface area (Å²) in [5, 5.41) is 0. The zero-order valence-electron chi connectivity index (χ0n) is 17.6. The van der Waals surface area contributed by atoms with Crippen molar-refractivity contribution in [1.29, 1.82) is 0 Å². The summed E-state index contributed by atoms with van der Waals surface area (Å²) in [7, 11) is 2.19. The molecule has 3 aliphatic rings. The average molecular weight is 400 g/mol. The van der Waals surface area contributed by atoms with E-state index in [4.69, 9.17) is 4.74 Å². The van der Waals surface area contributed by atoms with E-state index in [1.807, 2.05) is 34.1 Å². The molecule has 6 nitrogen and oxygen atoms in total. The number of likely N-dealkylation sites (tertiary alicyclic amines) is 1. The Hall–Kier alpha value is -1.92. The normalized spacial score (nSPS) is 23.3. The van der Waals surface area contributed by atoms with E-state index in [0.717, 1.165) is 82.6 Å². The summed E-state index contributed by atoms with van der Waals surface area (Å²) in [6.07, 6.45) is 5.85. The van der Waals surface area contributed by atoms with Crippen molar-refractivity contribution in [3.63, 3.8) is 0 Å². The predicted octanol–water partition coefficient (Wildman–Crippen LogP) is 2.53. The third-order valence-electron chi connectivity index (χ3n) is 7.07. The molecule has 6 heteroatoms. The Bertz CT molecular complexity index is 727.